The first-order chi connectivity index (χ1) is 7.54. The van der Waals surface area contributed by atoms with Gasteiger partial charge in [-0.25, -0.2) is 8.78 Å². The number of rotatable bonds is 3. The first-order valence-electron chi connectivity index (χ1n) is 4.76. The molecule has 1 aromatic rings. The van der Waals surface area contributed by atoms with Crippen LogP contribution in [0, 0.1) is 11.6 Å². The molecule has 0 aromatic heterocycles. The van der Waals surface area contributed by atoms with E-state index in [1.165, 1.54) is 0 Å². The summed E-state index contributed by atoms with van der Waals surface area (Å²) in [7, 11) is 0. The molecule has 0 radical (unpaired) electrons. The topological polar surface area (TPSA) is 50.4 Å². The minimum atomic E-state index is -0.721. The highest BCUT2D eigenvalue weighted by Gasteiger charge is 2.10. The molecule has 16 heavy (non-hydrogen) atoms. The highest BCUT2D eigenvalue weighted by molar-refractivity contribution is 9.10. The Morgan fingerprint density at radius 3 is 2.50 bits per heavy atom. The first kappa shape index (κ1) is 12.9. The third-order valence-corrected chi connectivity index (χ3v) is 2.22. The van der Waals surface area contributed by atoms with Gasteiger partial charge < -0.3 is 11.1 Å². The number of anilines is 1. The molecule has 0 saturated carbocycles. The summed E-state index contributed by atoms with van der Waals surface area (Å²) in [6, 6.07) is 2.30. The molecule has 88 valence electrons. The van der Waals surface area contributed by atoms with E-state index in [2.05, 4.69) is 26.2 Å². The summed E-state index contributed by atoms with van der Waals surface area (Å²) in [4.78, 5) is 3.88. The van der Waals surface area contributed by atoms with Gasteiger partial charge in [-0.15, -0.1) is 0 Å². The van der Waals surface area contributed by atoms with Crippen molar-refractivity contribution in [1.29, 1.82) is 0 Å². The fourth-order valence-corrected chi connectivity index (χ4v) is 1.46. The Morgan fingerprint density at radius 2 is 2.00 bits per heavy atom. The van der Waals surface area contributed by atoms with Crippen LogP contribution in [-0.4, -0.2) is 12.5 Å². The van der Waals surface area contributed by atoms with Gasteiger partial charge in [0, 0.05) is 11.0 Å². The quantitative estimate of drug-likeness (QED) is 0.665. The summed E-state index contributed by atoms with van der Waals surface area (Å²) in [6.45, 7) is 2.44. The zero-order valence-electron chi connectivity index (χ0n) is 8.73. The van der Waals surface area contributed by atoms with Crippen molar-refractivity contribution in [3.63, 3.8) is 0 Å². The van der Waals surface area contributed by atoms with E-state index in [0.29, 0.717) is 11.0 Å². The highest BCUT2D eigenvalue weighted by Crippen LogP contribution is 2.23. The number of nitrogens with two attached hydrogens (primary N) is 1. The Balaban J connectivity index is 2.89. The Bertz CT molecular complexity index is 384. The van der Waals surface area contributed by atoms with Crippen LogP contribution in [0.3, 0.4) is 0 Å². The van der Waals surface area contributed by atoms with Gasteiger partial charge in [0.1, 0.15) is 5.69 Å². The van der Waals surface area contributed by atoms with Gasteiger partial charge in [0.2, 0.25) is 0 Å². The predicted octanol–water partition coefficient (Wildman–Crippen LogP) is 2.86. The van der Waals surface area contributed by atoms with E-state index in [9.17, 15) is 8.78 Å². The number of nitrogens with zero attached hydrogens (tertiary/aromatic N) is 1. The van der Waals surface area contributed by atoms with Crippen molar-refractivity contribution >= 4 is 27.6 Å². The van der Waals surface area contributed by atoms with Gasteiger partial charge in [0.15, 0.2) is 17.6 Å². The molecule has 0 atom stereocenters. The van der Waals surface area contributed by atoms with Crippen molar-refractivity contribution in [2.75, 3.05) is 11.9 Å². The number of aliphatic imine (C=N–C) groups is 1. The Hall–Kier alpha value is -1.17. The zero-order chi connectivity index (χ0) is 12.1. The van der Waals surface area contributed by atoms with Crippen molar-refractivity contribution in [2.45, 2.75) is 13.3 Å². The Morgan fingerprint density at radius 1 is 1.44 bits per heavy atom. The maximum Gasteiger partial charge on any atom is 0.193 e. The maximum absolute atomic E-state index is 13.4. The number of nitrogens with one attached hydrogen (secondary N) is 1. The summed E-state index contributed by atoms with van der Waals surface area (Å²) in [5, 5.41) is 2.40. The Labute approximate surface area is 101 Å². The SMILES string of the molecule is CCCN=C(N)Nc1c(F)cc(Br)cc1F. The third-order valence-electron chi connectivity index (χ3n) is 1.77. The number of benzene rings is 1. The lowest BCUT2D eigenvalue weighted by atomic mass is 10.3. The number of guanidine groups is 1. The molecule has 0 amide bonds. The lowest BCUT2D eigenvalue weighted by Crippen LogP contribution is -2.24. The molecule has 6 heteroatoms. The molecule has 3 nitrogen and oxygen atoms in total. The summed E-state index contributed by atoms with van der Waals surface area (Å²) in [5.74, 6) is -1.44. The van der Waals surface area contributed by atoms with E-state index in [1.54, 1.807) is 0 Å². The molecule has 0 aliphatic carbocycles. The van der Waals surface area contributed by atoms with Gasteiger partial charge >= 0.3 is 0 Å². The number of hydrogen-bond acceptors (Lipinski definition) is 1. The largest absolute Gasteiger partial charge is 0.370 e. The highest BCUT2D eigenvalue weighted by atomic mass is 79.9. The summed E-state index contributed by atoms with van der Waals surface area (Å²) in [5.41, 5.74) is 5.17. The van der Waals surface area contributed by atoms with Gasteiger partial charge in [0.05, 0.1) is 0 Å². The summed E-state index contributed by atoms with van der Waals surface area (Å²) in [6.07, 6.45) is 0.813. The standard InChI is InChI=1S/C10H12BrF2N3/c1-2-3-15-10(14)16-9-7(12)4-6(11)5-8(9)13/h4-5H,2-3H2,1H3,(H3,14,15,16). The van der Waals surface area contributed by atoms with Gasteiger partial charge in [-0.2, -0.15) is 0 Å². The molecule has 0 saturated heterocycles. The predicted molar refractivity (Wildman–Crippen MR) is 64.5 cm³/mol. The van der Waals surface area contributed by atoms with E-state index in [4.69, 9.17) is 5.73 Å². The van der Waals surface area contributed by atoms with Crippen LogP contribution in [0.4, 0.5) is 14.5 Å². The van der Waals surface area contributed by atoms with Crippen LogP contribution in [0.2, 0.25) is 0 Å². The average molecular weight is 292 g/mol. The third kappa shape index (κ3) is 3.44. The normalized spacial score (nSPS) is 11.6. The van der Waals surface area contributed by atoms with Gasteiger partial charge in [-0.3, -0.25) is 4.99 Å². The number of hydrogen-bond donors (Lipinski definition) is 2. The van der Waals surface area contributed by atoms with Crippen molar-refractivity contribution < 1.29 is 8.78 Å². The second-order valence-electron chi connectivity index (χ2n) is 3.14. The van der Waals surface area contributed by atoms with Crippen LogP contribution in [-0.2, 0) is 0 Å². The molecule has 1 aromatic carbocycles. The minimum Gasteiger partial charge on any atom is -0.370 e. The maximum atomic E-state index is 13.4. The number of halogens is 3. The molecular weight excluding hydrogens is 280 g/mol. The van der Waals surface area contributed by atoms with Crippen LogP contribution in [0.25, 0.3) is 0 Å². The zero-order valence-corrected chi connectivity index (χ0v) is 10.3. The monoisotopic (exact) mass is 291 g/mol. The van der Waals surface area contributed by atoms with Crippen LogP contribution in [0.15, 0.2) is 21.6 Å². The van der Waals surface area contributed by atoms with Crippen LogP contribution in [0.5, 0.6) is 0 Å². The molecule has 0 spiro atoms. The first-order valence-corrected chi connectivity index (χ1v) is 5.55. The summed E-state index contributed by atoms with van der Waals surface area (Å²) >= 11 is 2.99. The fourth-order valence-electron chi connectivity index (χ4n) is 1.06. The molecule has 0 unspecified atom stereocenters. The van der Waals surface area contributed by atoms with Crippen LogP contribution < -0.4 is 11.1 Å². The molecular formula is C10H12BrF2N3. The summed E-state index contributed by atoms with van der Waals surface area (Å²) < 4.78 is 27.0. The minimum absolute atomic E-state index is 0.00183. The molecule has 3 N–H and O–H groups in total. The van der Waals surface area contributed by atoms with E-state index >= 15 is 0 Å². The van der Waals surface area contributed by atoms with E-state index in [1.807, 2.05) is 6.92 Å². The molecule has 0 aliphatic heterocycles. The molecule has 0 bridgehead atoms. The van der Waals surface area contributed by atoms with E-state index in [-0.39, 0.29) is 11.6 Å². The smallest absolute Gasteiger partial charge is 0.193 e. The van der Waals surface area contributed by atoms with Gasteiger partial charge in [-0.1, -0.05) is 22.9 Å². The van der Waals surface area contributed by atoms with E-state index in [0.717, 1.165) is 18.6 Å². The fraction of sp³-hybridized carbons (Fsp3) is 0.300. The lowest BCUT2D eigenvalue weighted by molar-refractivity contribution is 0.589. The van der Waals surface area contributed by atoms with Crippen molar-refractivity contribution in [2.24, 2.45) is 10.7 Å². The lowest BCUT2D eigenvalue weighted by Gasteiger charge is -2.08. The second-order valence-corrected chi connectivity index (χ2v) is 4.05. The molecule has 0 fully saturated rings. The van der Waals surface area contributed by atoms with Gasteiger partial charge in [0.25, 0.3) is 0 Å². The molecule has 1 rings (SSSR count). The van der Waals surface area contributed by atoms with Crippen molar-refractivity contribution in [3.05, 3.63) is 28.2 Å². The van der Waals surface area contributed by atoms with E-state index < -0.39 is 11.6 Å². The van der Waals surface area contributed by atoms with Crippen LogP contribution >= 0.6 is 15.9 Å². The Kier molecular flexibility index (Phi) is 4.67. The average Bonchev–Trinajstić information content (AvgIpc) is 2.20. The van der Waals surface area contributed by atoms with Gasteiger partial charge in [-0.05, 0) is 18.6 Å². The van der Waals surface area contributed by atoms with Crippen molar-refractivity contribution in [3.8, 4) is 0 Å². The molecule has 0 aliphatic rings. The van der Waals surface area contributed by atoms with Crippen molar-refractivity contribution in [1.82, 2.24) is 0 Å². The van der Waals surface area contributed by atoms with Crippen LogP contribution in [0.1, 0.15) is 13.3 Å². The second kappa shape index (κ2) is 5.79. The molecule has 0 heterocycles.